The molecule has 1 heterocycles. The summed E-state index contributed by atoms with van der Waals surface area (Å²) < 4.78 is 30.3. The van der Waals surface area contributed by atoms with E-state index in [4.69, 9.17) is 11.6 Å². The number of carbonyl (C=O) groups excluding carboxylic acids is 1. The summed E-state index contributed by atoms with van der Waals surface area (Å²) in [6.07, 6.45) is -2.89. The maximum Gasteiger partial charge on any atom is 0.311 e. The lowest BCUT2D eigenvalue weighted by Gasteiger charge is -2.10. The van der Waals surface area contributed by atoms with Crippen molar-refractivity contribution in [2.75, 3.05) is 7.11 Å². The predicted octanol–water partition coefficient (Wildman–Crippen LogP) is 3.24. The molecule has 1 rings (SSSR count). The molecular weight excluding hydrogens is 319 g/mol. The number of hydrogen-bond donors (Lipinski definition) is 0. The van der Waals surface area contributed by atoms with Gasteiger partial charge in [-0.15, -0.1) is 11.6 Å². The van der Waals surface area contributed by atoms with Crippen LogP contribution < -0.4 is 0 Å². The Morgan fingerprint density at radius 3 is 2.76 bits per heavy atom. The molecule has 17 heavy (non-hydrogen) atoms. The van der Waals surface area contributed by atoms with Gasteiger partial charge in [0.25, 0.3) is 6.43 Å². The van der Waals surface area contributed by atoms with Gasteiger partial charge in [-0.2, -0.15) is 0 Å². The zero-order chi connectivity index (χ0) is 13.0. The third-order valence-corrected chi connectivity index (χ3v) is 3.02. The minimum atomic E-state index is -2.74. The summed E-state index contributed by atoms with van der Waals surface area (Å²) in [5.41, 5.74) is 0.0384. The molecule has 0 aliphatic rings. The first-order valence-corrected chi connectivity index (χ1v) is 5.91. The SMILES string of the molecule is COC(=O)Cc1cc(Br)c(CCl)c(C(F)F)n1. The van der Waals surface area contributed by atoms with Crippen molar-refractivity contribution in [1.82, 2.24) is 4.98 Å². The van der Waals surface area contributed by atoms with Gasteiger partial charge in [0, 0.05) is 10.0 Å². The molecule has 0 saturated heterocycles. The van der Waals surface area contributed by atoms with Gasteiger partial charge in [-0.3, -0.25) is 9.78 Å². The van der Waals surface area contributed by atoms with Crippen LogP contribution in [0, 0.1) is 0 Å². The van der Waals surface area contributed by atoms with Gasteiger partial charge in [0.1, 0.15) is 5.69 Å². The third kappa shape index (κ3) is 3.61. The Bertz CT molecular complexity index is 429. The number of halogens is 4. The third-order valence-electron chi connectivity index (χ3n) is 2.05. The maximum absolute atomic E-state index is 12.7. The van der Waals surface area contributed by atoms with Crippen LogP contribution in [-0.2, 0) is 21.8 Å². The van der Waals surface area contributed by atoms with E-state index in [0.29, 0.717) is 4.47 Å². The molecule has 0 fully saturated rings. The molecule has 0 aromatic carbocycles. The summed E-state index contributed by atoms with van der Waals surface area (Å²) in [5.74, 6) is -0.616. The smallest absolute Gasteiger partial charge is 0.311 e. The minimum Gasteiger partial charge on any atom is -0.469 e. The lowest BCUT2D eigenvalue weighted by molar-refractivity contribution is -0.139. The fourth-order valence-electron chi connectivity index (χ4n) is 1.23. The van der Waals surface area contributed by atoms with Gasteiger partial charge in [-0.1, -0.05) is 15.9 Å². The summed E-state index contributed by atoms with van der Waals surface area (Å²) in [4.78, 5) is 14.8. The van der Waals surface area contributed by atoms with Crippen molar-refractivity contribution in [1.29, 1.82) is 0 Å². The van der Waals surface area contributed by atoms with Gasteiger partial charge in [0.2, 0.25) is 0 Å². The lowest BCUT2D eigenvalue weighted by atomic mass is 10.1. The first-order valence-electron chi connectivity index (χ1n) is 4.58. The van der Waals surface area contributed by atoms with Crippen LogP contribution in [0.4, 0.5) is 8.78 Å². The standard InChI is InChI=1S/C10H9BrClF2NO2/c1-17-8(16)3-5-2-7(11)6(4-12)9(15-5)10(13)14/h2,10H,3-4H2,1H3. The fourth-order valence-corrected chi connectivity index (χ4v) is 2.28. The van der Waals surface area contributed by atoms with Gasteiger partial charge < -0.3 is 4.74 Å². The van der Waals surface area contributed by atoms with Crippen molar-refractivity contribution >= 4 is 33.5 Å². The highest BCUT2D eigenvalue weighted by molar-refractivity contribution is 9.10. The average molecular weight is 329 g/mol. The molecule has 0 radical (unpaired) electrons. The molecular formula is C10H9BrClF2NO2. The molecule has 94 valence electrons. The predicted molar refractivity (Wildman–Crippen MR) is 62.2 cm³/mol. The van der Waals surface area contributed by atoms with Crippen LogP contribution in [-0.4, -0.2) is 18.1 Å². The van der Waals surface area contributed by atoms with Gasteiger partial charge in [0.15, 0.2) is 0 Å². The molecule has 0 saturated carbocycles. The molecule has 0 amide bonds. The molecule has 0 bridgehead atoms. The van der Waals surface area contributed by atoms with Crippen LogP contribution in [0.25, 0.3) is 0 Å². The van der Waals surface area contributed by atoms with Crippen LogP contribution in [0.3, 0.4) is 0 Å². The number of rotatable bonds is 4. The van der Waals surface area contributed by atoms with Crippen molar-refractivity contribution in [3.05, 3.63) is 27.5 Å². The molecule has 1 aromatic heterocycles. The molecule has 1 aromatic rings. The van der Waals surface area contributed by atoms with E-state index in [1.807, 2.05) is 0 Å². The zero-order valence-corrected chi connectivity index (χ0v) is 11.2. The Hall–Kier alpha value is -0.750. The summed E-state index contributed by atoms with van der Waals surface area (Å²) in [6, 6.07) is 1.49. The number of ether oxygens (including phenoxy) is 1. The Labute approximate surface area is 110 Å². The zero-order valence-electron chi connectivity index (χ0n) is 8.84. The summed E-state index contributed by atoms with van der Waals surface area (Å²) in [7, 11) is 1.22. The van der Waals surface area contributed by atoms with E-state index in [0.717, 1.165) is 0 Å². The van der Waals surface area contributed by atoms with Crippen molar-refractivity contribution in [2.45, 2.75) is 18.7 Å². The Balaban J connectivity index is 3.15. The highest BCUT2D eigenvalue weighted by Gasteiger charge is 2.19. The second kappa shape index (κ2) is 6.26. The number of pyridine rings is 1. The number of hydrogen-bond acceptors (Lipinski definition) is 3. The van der Waals surface area contributed by atoms with Gasteiger partial charge in [0.05, 0.1) is 25.1 Å². The number of carbonyl (C=O) groups is 1. The Morgan fingerprint density at radius 1 is 1.65 bits per heavy atom. The molecule has 0 N–H and O–H groups in total. The van der Waals surface area contributed by atoms with Crippen molar-refractivity contribution < 1.29 is 18.3 Å². The molecule has 0 spiro atoms. The van der Waals surface area contributed by atoms with E-state index < -0.39 is 18.1 Å². The lowest BCUT2D eigenvalue weighted by Crippen LogP contribution is -2.09. The van der Waals surface area contributed by atoms with Gasteiger partial charge in [-0.25, -0.2) is 8.78 Å². The van der Waals surface area contributed by atoms with E-state index in [1.165, 1.54) is 13.2 Å². The van der Waals surface area contributed by atoms with Gasteiger partial charge in [-0.05, 0) is 6.07 Å². The largest absolute Gasteiger partial charge is 0.469 e. The van der Waals surface area contributed by atoms with Crippen LogP contribution >= 0.6 is 27.5 Å². The number of aromatic nitrogens is 1. The molecule has 0 atom stereocenters. The quantitative estimate of drug-likeness (QED) is 0.629. The summed E-state index contributed by atoms with van der Waals surface area (Å²) in [6.45, 7) is 0. The second-order valence-corrected chi connectivity index (χ2v) is 4.27. The molecule has 0 aliphatic carbocycles. The van der Waals surface area contributed by atoms with Crippen LogP contribution in [0.15, 0.2) is 10.5 Å². The van der Waals surface area contributed by atoms with Crippen LogP contribution in [0.1, 0.15) is 23.4 Å². The van der Waals surface area contributed by atoms with Gasteiger partial charge >= 0.3 is 5.97 Å². The average Bonchev–Trinajstić information content (AvgIpc) is 2.28. The molecule has 3 nitrogen and oxygen atoms in total. The summed E-state index contributed by atoms with van der Waals surface area (Å²) in [5, 5.41) is 0. The topological polar surface area (TPSA) is 39.2 Å². The first-order chi connectivity index (χ1) is 7.99. The van der Waals surface area contributed by atoms with E-state index in [-0.39, 0.29) is 23.6 Å². The van der Waals surface area contributed by atoms with Crippen molar-refractivity contribution in [3.63, 3.8) is 0 Å². The van der Waals surface area contributed by atoms with Crippen molar-refractivity contribution in [3.8, 4) is 0 Å². The normalized spacial score (nSPS) is 10.7. The van der Waals surface area contributed by atoms with E-state index >= 15 is 0 Å². The summed E-state index contributed by atoms with van der Waals surface area (Å²) >= 11 is 8.70. The fraction of sp³-hybridized carbons (Fsp3) is 0.400. The maximum atomic E-state index is 12.7. The van der Waals surface area contributed by atoms with E-state index in [2.05, 4.69) is 25.7 Å². The van der Waals surface area contributed by atoms with E-state index in [9.17, 15) is 13.6 Å². The number of methoxy groups -OCH3 is 1. The highest BCUT2D eigenvalue weighted by Crippen LogP contribution is 2.29. The first kappa shape index (κ1) is 14.3. The molecule has 0 unspecified atom stereocenters. The minimum absolute atomic E-state index is 0.0776. The number of nitrogens with zero attached hydrogens (tertiary/aromatic N) is 1. The number of esters is 1. The van der Waals surface area contributed by atoms with Crippen LogP contribution in [0.2, 0.25) is 0 Å². The molecule has 0 aliphatic heterocycles. The Kier molecular flexibility index (Phi) is 5.27. The van der Waals surface area contributed by atoms with Crippen molar-refractivity contribution in [2.24, 2.45) is 0 Å². The Morgan fingerprint density at radius 2 is 2.29 bits per heavy atom. The second-order valence-electron chi connectivity index (χ2n) is 3.15. The van der Waals surface area contributed by atoms with Crippen LogP contribution in [0.5, 0.6) is 0 Å². The number of alkyl halides is 3. The molecule has 7 heteroatoms. The van der Waals surface area contributed by atoms with E-state index in [1.54, 1.807) is 0 Å². The highest BCUT2D eigenvalue weighted by atomic mass is 79.9. The monoisotopic (exact) mass is 327 g/mol.